The third-order valence-electron chi connectivity index (χ3n) is 5.65. The molecule has 4 rings (SSSR count). The number of carbonyl (C=O) groups excluding carboxylic acids is 1. The van der Waals surface area contributed by atoms with Gasteiger partial charge < -0.3 is 9.64 Å². The lowest BCUT2D eigenvalue weighted by molar-refractivity contribution is -0.138. The molecule has 5 heteroatoms. The zero-order valence-electron chi connectivity index (χ0n) is 15.2. The molecule has 0 bridgehead atoms. The molecular weight excluding hydrogens is 326 g/mol. The lowest BCUT2D eigenvalue weighted by Gasteiger charge is -2.40. The number of hydrogen-bond acceptors (Lipinski definition) is 4. The van der Waals surface area contributed by atoms with Gasteiger partial charge in [-0.05, 0) is 48.2 Å². The predicted octanol–water partition coefficient (Wildman–Crippen LogP) is 2.86. The summed E-state index contributed by atoms with van der Waals surface area (Å²) in [5, 5.41) is 0. The number of amides is 1. The van der Waals surface area contributed by atoms with Crippen LogP contribution in [0, 0.1) is 0 Å². The highest BCUT2D eigenvalue weighted by Gasteiger charge is 2.42. The SMILES string of the molecule is COc1ccc(CN2CC[C@@H]3[C@H]2CCC(=O)N3Cc2ccncc2)cc1. The standard InChI is InChI=1S/C21H25N3O2/c1-26-18-4-2-16(3-5-18)14-23-13-10-20-19(23)6-7-21(25)24(20)15-17-8-11-22-12-9-17/h2-5,8-9,11-12,19-20H,6-7,10,13-15H2,1H3/t19-,20-/m1/s1. The number of carbonyl (C=O) groups is 1. The van der Waals surface area contributed by atoms with Crippen molar-refractivity contribution < 1.29 is 9.53 Å². The lowest BCUT2D eigenvalue weighted by Crippen LogP contribution is -2.51. The number of piperidine rings is 1. The molecule has 1 aromatic heterocycles. The Bertz CT molecular complexity index is 748. The summed E-state index contributed by atoms with van der Waals surface area (Å²) in [6, 6.07) is 13.1. The minimum Gasteiger partial charge on any atom is -0.497 e. The van der Waals surface area contributed by atoms with Crippen LogP contribution in [-0.4, -0.2) is 46.4 Å². The normalized spacial score (nSPS) is 23.1. The van der Waals surface area contributed by atoms with Crippen LogP contribution >= 0.6 is 0 Å². The van der Waals surface area contributed by atoms with Crippen molar-refractivity contribution in [3.63, 3.8) is 0 Å². The van der Waals surface area contributed by atoms with Gasteiger partial charge in [0.05, 0.1) is 7.11 Å². The summed E-state index contributed by atoms with van der Waals surface area (Å²) < 4.78 is 5.25. The molecule has 2 aromatic rings. The zero-order valence-corrected chi connectivity index (χ0v) is 15.2. The van der Waals surface area contributed by atoms with Crippen molar-refractivity contribution in [2.24, 2.45) is 0 Å². The van der Waals surface area contributed by atoms with E-state index in [1.165, 1.54) is 5.56 Å². The van der Waals surface area contributed by atoms with Crippen molar-refractivity contribution in [1.82, 2.24) is 14.8 Å². The van der Waals surface area contributed by atoms with Crippen molar-refractivity contribution in [3.8, 4) is 5.75 Å². The first-order chi connectivity index (χ1) is 12.7. The van der Waals surface area contributed by atoms with Gasteiger partial charge >= 0.3 is 0 Å². The topological polar surface area (TPSA) is 45.7 Å². The minimum absolute atomic E-state index is 0.286. The second kappa shape index (κ2) is 7.46. The van der Waals surface area contributed by atoms with Gasteiger partial charge in [-0.3, -0.25) is 14.7 Å². The smallest absolute Gasteiger partial charge is 0.223 e. The van der Waals surface area contributed by atoms with Crippen molar-refractivity contribution in [1.29, 1.82) is 0 Å². The van der Waals surface area contributed by atoms with E-state index in [-0.39, 0.29) is 5.91 Å². The number of nitrogens with zero attached hydrogens (tertiary/aromatic N) is 3. The van der Waals surface area contributed by atoms with E-state index >= 15 is 0 Å². The maximum absolute atomic E-state index is 12.6. The van der Waals surface area contributed by atoms with Crippen LogP contribution in [0.5, 0.6) is 5.75 Å². The highest BCUT2D eigenvalue weighted by Crippen LogP contribution is 2.33. The Morgan fingerprint density at radius 1 is 1.00 bits per heavy atom. The molecule has 2 fully saturated rings. The van der Waals surface area contributed by atoms with Crippen LogP contribution in [0.25, 0.3) is 0 Å². The molecular formula is C21H25N3O2. The fraction of sp³-hybridized carbons (Fsp3) is 0.429. The Kier molecular flexibility index (Phi) is 4.89. The molecule has 0 spiro atoms. The van der Waals surface area contributed by atoms with Crippen LogP contribution < -0.4 is 4.74 Å². The van der Waals surface area contributed by atoms with Crippen LogP contribution in [-0.2, 0) is 17.9 Å². The summed E-state index contributed by atoms with van der Waals surface area (Å²) in [6.45, 7) is 2.67. The third kappa shape index (κ3) is 3.44. The lowest BCUT2D eigenvalue weighted by atomic mass is 9.95. The van der Waals surface area contributed by atoms with Gasteiger partial charge in [-0.2, -0.15) is 0 Å². The highest BCUT2D eigenvalue weighted by atomic mass is 16.5. The molecule has 2 atom stereocenters. The van der Waals surface area contributed by atoms with Crippen LogP contribution in [0.4, 0.5) is 0 Å². The Morgan fingerprint density at radius 2 is 1.73 bits per heavy atom. The Morgan fingerprint density at radius 3 is 2.46 bits per heavy atom. The van der Waals surface area contributed by atoms with Crippen molar-refractivity contribution in [2.75, 3.05) is 13.7 Å². The monoisotopic (exact) mass is 351 g/mol. The second-order valence-electron chi connectivity index (χ2n) is 7.16. The van der Waals surface area contributed by atoms with Gasteiger partial charge in [0.25, 0.3) is 0 Å². The van der Waals surface area contributed by atoms with E-state index in [9.17, 15) is 4.79 Å². The van der Waals surface area contributed by atoms with E-state index in [1.54, 1.807) is 19.5 Å². The quantitative estimate of drug-likeness (QED) is 0.831. The number of aromatic nitrogens is 1. The first kappa shape index (κ1) is 17.0. The molecule has 2 saturated heterocycles. The van der Waals surface area contributed by atoms with Crippen LogP contribution in [0.3, 0.4) is 0 Å². The minimum atomic E-state index is 0.286. The van der Waals surface area contributed by atoms with Gasteiger partial charge in [0.2, 0.25) is 5.91 Å². The largest absolute Gasteiger partial charge is 0.497 e. The number of rotatable bonds is 5. The maximum atomic E-state index is 12.6. The average Bonchev–Trinajstić information content (AvgIpc) is 3.08. The van der Waals surface area contributed by atoms with Gasteiger partial charge in [-0.1, -0.05) is 12.1 Å². The van der Waals surface area contributed by atoms with E-state index in [0.717, 1.165) is 37.2 Å². The molecule has 26 heavy (non-hydrogen) atoms. The zero-order chi connectivity index (χ0) is 17.9. The van der Waals surface area contributed by atoms with Gasteiger partial charge in [-0.25, -0.2) is 0 Å². The van der Waals surface area contributed by atoms with Crippen LogP contribution in [0.1, 0.15) is 30.4 Å². The van der Waals surface area contributed by atoms with Gasteiger partial charge in [-0.15, -0.1) is 0 Å². The van der Waals surface area contributed by atoms with Gasteiger partial charge in [0.15, 0.2) is 0 Å². The summed E-state index contributed by atoms with van der Waals surface area (Å²) in [4.78, 5) is 21.3. The molecule has 3 heterocycles. The summed E-state index contributed by atoms with van der Waals surface area (Å²) in [5.74, 6) is 1.18. The first-order valence-electron chi connectivity index (χ1n) is 9.30. The molecule has 0 saturated carbocycles. The van der Waals surface area contributed by atoms with E-state index in [2.05, 4.69) is 26.9 Å². The number of fused-ring (bicyclic) bond motifs is 1. The summed E-state index contributed by atoms with van der Waals surface area (Å²) >= 11 is 0. The summed E-state index contributed by atoms with van der Waals surface area (Å²) in [6.07, 6.45) is 6.26. The van der Waals surface area contributed by atoms with E-state index < -0.39 is 0 Å². The highest BCUT2D eigenvalue weighted by molar-refractivity contribution is 5.77. The Hall–Kier alpha value is -2.40. The molecule has 0 radical (unpaired) electrons. The number of benzene rings is 1. The van der Waals surface area contributed by atoms with Crippen molar-refractivity contribution >= 4 is 5.91 Å². The molecule has 0 N–H and O–H groups in total. The predicted molar refractivity (Wildman–Crippen MR) is 99.6 cm³/mol. The summed E-state index contributed by atoms with van der Waals surface area (Å²) in [7, 11) is 1.69. The van der Waals surface area contributed by atoms with Crippen LogP contribution in [0.15, 0.2) is 48.8 Å². The number of hydrogen-bond donors (Lipinski definition) is 0. The fourth-order valence-electron chi connectivity index (χ4n) is 4.29. The van der Waals surface area contributed by atoms with Gasteiger partial charge in [0, 0.05) is 50.5 Å². The van der Waals surface area contributed by atoms with Crippen molar-refractivity contribution in [3.05, 3.63) is 59.9 Å². The van der Waals surface area contributed by atoms with E-state index in [1.807, 2.05) is 24.3 Å². The molecule has 0 aliphatic carbocycles. The van der Waals surface area contributed by atoms with Crippen LogP contribution in [0.2, 0.25) is 0 Å². The maximum Gasteiger partial charge on any atom is 0.223 e. The molecule has 1 aromatic carbocycles. The molecule has 2 aliphatic rings. The molecule has 5 nitrogen and oxygen atoms in total. The third-order valence-corrected chi connectivity index (χ3v) is 5.65. The number of pyridine rings is 1. The first-order valence-corrected chi connectivity index (χ1v) is 9.30. The molecule has 1 amide bonds. The Labute approximate surface area is 154 Å². The fourth-order valence-corrected chi connectivity index (χ4v) is 4.29. The van der Waals surface area contributed by atoms with E-state index in [4.69, 9.17) is 4.74 Å². The second-order valence-corrected chi connectivity index (χ2v) is 7.16. The average molecular weight is 351 g/mol. The number of ether oxygens (including phenoxy) is 1. The number of methoxy groups -OCH3 is 1. The molecule has 136 valence electrons. The molecule has 2 aliphatic heterocycles. The van der Waals surface area contributed by atoms with Crippen molar-refractivity contribution in [2.45, 2.75) is 44.4 Å². The number of likely N-dealkylation sites (tertiary alicyclic amines) is 2. The summed E-state index contributed by atoms with van der Waals surface area (Å²) in [5.41, 5.74) is 2.45. The van der Waals surface area contributed by atoms with E-state index in [0.29, 0.717) is 25.0 Å². The Balaban J connectivity index is 1.46. The van der Waals surface area contributed by atoms with Gasteiger partial charge in [0.1, 0.15) is 5.75 Å². The molecule has 0 unspecified atom stereocenters.